The molecule has 0 aromatic carbocycles. The van der Waals surface area contributed by atoms with Crippen molar-refractivity contribution >= 4 is 5.91 Å². The zero-order valence-electron chi connectivity index (χ0n) is 7.58. The van der Waals surface area contributed by atoms with Crippen molar-refractivity contribution in [2.24, 2.45) is 5.92 Å². The van der Waals surface area contributed by atoms with Crippen LogP contribution in [0.4, 0.5) is 0 Å². The molecule has 0 N–H and O–H groups in total. The molecule has 0 radical (unpaired) electrons. The van der Waals surface area contributed by atoms with Crippen molar-refractivity contribution in [1.29, 1.82) is 0 Å². The van der Waals surface area contributed by atoms with Gasteiger partial charge in [0, 0.05) is 12.1 Å². The molecule has 3 nitrogen and oxygen atoms in total. The van der Waals surface area contributed by atoms with Crippen LogP contribution in [0.15, 0.2) is 0 Å². The fraction of sp³-hybridized carbons (Fsp3) is 0.889. The normalized spacial score (nSPS) is 51.2. The number of amides is 1. The summed E-state index contributed by atoms with van der Waals surface area (Å²) in [7, 11) is 0. The van der Waals surface area contributed by atoms with E-state index in [0.29, 0.717) is 17.5 Å². The molecular formula is C9H14N2O. The number of carbonyl (C=O) groups excluding carboxylic acids is 1. The van der Waals surface area contributed by atoms with E-state index in [-0.39, 0.29) is 5.92 Å². The van der Waals surface area contributed by atoms with Crippen molar-refractivity contribution in [3.63, 3.8) is 0 Å². The molecule has 3 saturated heterocycles. The van der Waals surface area contributed by atoms with E-state index in [4.69, 9.17) is 0 Å². The van der Waals surface area contributed by atoms with Gasteiger partial charge in [-0.05, 0) is 19.8 Å². The van der Waals surface area contributed by atoms with Crippen LogP contribution < -0.4 is 0 Å². The van der Waals surface area contributed by atoms with E-state index >= 15 is 0 Å². The molecule has 3 aliphatic rings. The topological polar surface area (TPSA) is 23.6 Å². The maximum absolute atomic E-state index is 11.5. The van der Waals surface area contributed by atoms with Gasteiger partial charge in [0.2, 0.25) is 5.91 Å². The zero-order chi connectivity index (χ0) is 8.51. The molecule has 3 aliphatic heterocycles. The second kappa shape index (κ2) is 1.69. The first-order valence-electron chi connectivity index (χ1n) is 4.74. The Bertz CT molecular complexity index is 265. The average molecular weight is 166 g/mol. The molecule has 0 aromatic rings. The van der Waals surface area contributed by atoms with Crippen molar-refractivity contribution < 1.29 is 4.79 Å². The number of carbonyl (C=O) groups is 1. The number of hydrazine groups is 1. The summed E-state index contributed by atoms with van der Waals surface area (Å²) in [5, 5.41) is 4.26. The minimum atomic E-state index is 0.285. The number of nitrogens with zero attached hydrogens (tertiary/aromatic N) is 2. The Balaban J connectivity index is 1.93. The predicted octanol–water partition coefficient (Wildman–Crippen LogP) is 0.616. The summed E-state index contributed by atoms with van der Waals surface area (Å²) in [6.45, 7) is 5.42. The maximum atomic E-state index is 11.5. The van der Waals surface area contributed by atoms with Gasteiger partial charge in [0.1, 0.15) is 0 Å². The number of hydrogen-bond donors (Lipinski definition) is 0. The molecule has 0 bridgehead atoms. The lowest BCUT2D eigenvalue weighted by molar-refractivity contribution is -0.193. The van der Waals surface area contributed by atoms with E-state index in [2.05, 4.69) is 18.9 Å². The number of fused-ring (bicyclic) bond motifs is 3. The van der Waals surface area contributed by atoms with Gasteiger partial charge >= 0.3 is 0 Å². The van der Waals surface area contributed by atoms with Crippen LogP contribution in [0.2, 0.25) is 0 Å². The van der Waals surface area contributed by atoms with Crippen LogP contribution >= 0.6 is 0 Å². The first-order valence-corrected chi connectivity index (χ1v) is 4.74. The summed E-state index contributed by atoms with van der Waals surface area (Å²) in [4.78, 5) is 11.5. The molecule has 0 aromatic heterocycles. The quantitative estimate of drug-likeness (QED) is 0.492. The summed E-state index contributed by atoms with van der Waals surface area (Å²) in [5.41, 5.74) is 0.338. The van der Waals surface area contributed by atoms with Gasteiger partial charge in [-0.3, -0.25) is 9.80 Å². The van der Waals surface area contributed by atoms with Gasteiger partial charge in [-0.2, -0.15) is 0 Å². The van der Waals surface area contributed by atoms with E-state index in [9.17, 15) is 4.79 Å². The molecule has 3 heterocycles. The fourth-order valence-corrected chi connectivity index (χ4v) is 2.85. The SMILES string of the molecule is C[C@H]1C(=O)N2[C@@H]1C[C@]1(C)CCN21. The molecule has 66 valence electrons. The summed E-state index contributed by atoms with van der Waals surface area (Å²) in [6.07, 6.45) is 2.46. The molecule has 3 fully saturated rings. The third kappa shape index (κ3) is 0.505. The number of β-lactam (4-membered cyclic amide) rings is 1. The molecule has 0 aliphatic carbocycles. The van der Waals surface area contributed by atoms with Crippen LogP contribution in [0, 0.1) is 5.92 Å². The van der Waals surface area contributed by atoms with Gasteiger partial charge < -0.3 is 0 Å². The average Bonchev–Trinajstić information content (AvgIpc) is 2.23. The van der Waals surface area contributed by atoms with Gasteiger partial charge in [0.15, 0.2) is 0 Å². The van der Waals surface area contributed by atoms with Crippen LogP contribution in [-0.4, -0.2) is 34.1 Å². The smallest absolute Gasteiger partial charge is 0.242 e. The number of rotatable bonds is 0. The van der Waals surface area contributed by atoms with E-state index in [1.54, 1.807) is 0 Å². The predicted molar refractivity (Wildman–Crippen MR) is 44.1 cm³/mol. The first-order chi connectivity index (χ1) is 5.63. The summed E-state index contributed by atoms with van der Waals surface area (Å²) < 4.78 is 0. The van der Waals surface area contributed by atoms with Crippen LogP contribution in [0.5, 0.6) is 0 Å². The Morgan fingerprint density at radius 1 is 1.58 bits per heavy atom. The minimum Gasteiger partial charge on any atom is -0.273 e. The molecule has 3 rings (SSSR count). The van der Waals surface area contributed by atoms with E-state index in [1.165, 1.54) is 12.8 Å². The van der Waals surface area contributed by atoms with Crippen LogP contribution in [0.25, 0.3) is 0 Å². The van der Waals surface area contributed by atoms with E-state index in [1.807, 2.05) is 5.01 Å². The highest BCUT2D eigenvalue weighted by atomic mass is 16.2. The first kappa shape index (κ1) is 6.89. The largest absolute Gasteiger partial charge is 0.273 e. The van der Waals surface area contributed by atoms with Crippen LogP contribution in [0.3, 0.4) is 0 Å². The Kier molecular flexibility index (Phi) is 0.971. The highest BCUT2D eigenvalue weighted by Crippen LogP contribution is 2.50. The lowest BCUT2D eigenvalue weighted by Crippen LogP contribution is -2.66. The molecule has 0 saturated carbocycles. The monoisotopic (exact) mass is 166 g/mol. The Morgan fingerprint density at radius 3 is 2.92 bits per heavy atom. The van der Waals surface area contributed by atoms with Crippen molar-refractivity contribution in [3.05, 3.63) is 0 Å². The minimum absolute atomic E-state index is 0.285. The van der Waals surface area contributed by atoms with E-state index < -0.39 is 0 Å². The molecule has 0 unspecified atom stereocenters. The standard InChI is InChI=1S/C9H14N2O/c1-6-7-5-9(2)3-4-10(9)11(7)8(6)12/h6-7H,3-5H2,1-2H3/t6-,7-,9+/m1/s1. The van der Waals surface area contributed by atoms with Gasteiger partial charge in [0.25, 0.3) is 0 Å². The van der Waals surface area contributed by atoms with Crippen molar-refractivity contribution in [2.45, 2.75) is 38.3 Å². The molecule has 0 spiro atoms. The van der Waals surface area contributed by atoms with Gasteiger partial charge in [-0.15, -0.1) is 0 Å². The maximum Gasteiger partial charge on any atom is 0.242 e. The van der Waals surface area contributed by atoms with Crippen LogP contribution in [-0.2, 0) is 4.79 Å². The lowest BCUT2D eigenvalue weighted by atomic mass is 9.81. The summed E-state index contributed by atoms with van der Waals surface area (Å²) in [6, 6.07) is 0.532. The van der Waals surface area contributed by atoms with Gasteiger partial charge in [-0.25, -0.2) is 5.01 Å². The molecule has 1 amide bonds. The van der Waals surface area contributed by atoms with Crippen molar-refractivity contribution in [1.82, 2.24) is 10.0 Å². The Labute approximate surface area is 72.3 Å². The zero-order valence-corrected chi connectivity index (χ0v) is 7.58. The Morgan fingerprint density at radius 2 is 2.33 bits per heavy atom. The molecule has 3 heteroatoms. The van der Waals surface area contributed by atoms with Gasteiger partial charge in [0.05, 0.1) is 12.0 Å². The second-order valence-corrected chi connectivity index (χ2v) is 4.61. The molecule has 12 heavy (non-hydrogen) atoms. The third-order valence-corrected chi connectivity index (χ3v) is 3.90. The summed E-state index contributed by atoms with van der Waals surface area (Å²) in [5.74, 6) is 0.621. The third-order valence-electron chi connectivity index (χ3n) is 3.90. The summed E-state index contributed by atoms with van der Waals surface area (Å²) >= 11 is 0. The van der Waals surface area contributed by atoms with Crippen LogP contribution in [0.1, 0.15) is 26.7 Å². The lowest BCUT2D eigenvalue weighted by Gasteiger charge is -2.51. The number of hydrogen-bond acceptors (Lipinski definition) is 2. The fourth-order valence-electron chi connectivity index (χ4n) is 2.85. The molecule has 3 atom stereocenters. The highest BCUT2D eigenvalue weighted by Gasteiger charge is 2.62. The van der Waals surface area contributed by atoms with Crippen molar-refractivity contribution in [3.8, 4) is 0 Å². The van der Waals surface area contributed by atoms with E-state index in [0.717, 1.165) is 6.54 Å². The van der Waals surface area contributed by atoms with Gasteiger partial charge in [-0.1, -0.05) is 6.92 Å². The Hall–Kier alpha value is -0.570. The second-order valence-electron chi connectivity index (χ2n) is 4.61. The molecular weight excluding hydrogens is 152 g/mol. The van der Waals surface area contributed by atoms with Crippen molar-refractivity contribution in [2.75, 3.05) is 6.54 Å². The highest BCUT2D eigenvalue weighted by molar-refractivity contribution is 5.86.